The number of β-amino-alcohol motifs (C(OH)–C–C–N with tert-alkyl or cyclic N) is 1. The molecule has 1 N–H and O–H groups in total. The second kappa shape index (κ2) is 8.11. The van der Waals surface area contributed by atoms with E-state index in [9.17, 15) is 9.90 Å². The summed E-state index contributed by atoms with van der Waals surface area (Å²) < 4.78 is 0. The molecule has 2 heterocycles. The Bertz CT molecular complexity index is 329. The normalized spacial score (nSPS) is 26.8. The molecule has 5 heteroatoms. The van der Waals surface area contributed by atoms with Crippen LogP contribution >= 0.6 is 0 Å². The highest BCUT2D eigenvalue weighted by Gasteiger charge is 2.25. The molecule has 2 rings (SSSR count). The SMILES string of the molecule is C[C@@H](O)CN1CCN(CCC(=O)N2CCCCC2)C[C@@H]1C. The van der Waals surface area contributed by atoms with Gasteiger partial charge in [-0.1, -0.05) is 0 Å². The summed E-state index contributed by atoms with van der Waals surface area (Å²) >= 11 is 0. The van der Waals surface area contributed by atoms with Gasteiger partial charge >= 0.3 is 0 Å². The quantitative estimate of drug-likeness (QED) is 0.814. The lowest BCUT2D eigenvalue weighted by Gasteiger charge is -2.40. The molecular formula is C16H31N3O2. The first-order valence-electron chi connectivity index (χ1n) is 8.48. The minimum atomic E-state index is -0.264. The van der Waals surface area contributed by atoms with Crippen molar-refractivity contribution in [2.24, 2.45) is 0 Å². The number of nitrogens with zero attached hydrogens (tertiary/aromatic N) is 3. The number of hydrogen-bond acceptors (Lipinski definition) is 4. The molecule has 2 fully saturated rings. The van der Waals surface area contributed by atoms with Crippen LogP contribution in [0.1, 0.15) is 39.5 Å². The molecule has 21 heavy (non-hydrogen) atoms. The average molecular weight is 297 g/mol. The second-order valence-electron chi connectivity index (χ2n) is 6.69. The Balaban J connectivity index is 1.68. The van der Waals surface area contributed by atoms with E-state index < -0.39 is 0 Å². The lowest BCUT2D eigenvalue weighted by Crippen LogP contribution is -2.53. The number of aliphatic hydroxyl groups excluding tert-OH is 1. The first kappa shape index (κ1) is 16.7. The lowest BCUT2D eigenvalue weighted by atomic mass is 10.1. The smallest absolute Gasteiger partial charge is 0.223 e. The Hall–Kier alpha value is -0.650. The van der Waals surface area contributed by atoms with Gasteiger partial charge in [0, 0.05) is 58.3 Å². The van der Waals surface area contributed by atoms with Crippen molar-refractivity contribution in [2.45, 2.75) is 51.7 Å². The van der Waals surface area contributed by atoms with Gasteiger partial charge < -0.3 is 14.9 Å². The third-order valence-corrected chi connectivity index (χ3v) is 4.70. The zero-order valence-corrected chi connectivity index (χ0v) is 13.6. The van der Waals surface area contributed by atoms with Gasteiger partial charge in [0.05, 0.1) is 6.10 Å². The third-order valence-electron chi connectivity index (χ3n) is 4.70. The summed E-state index contributed by atoms with van der Waals surface area (Å²) in [5.41, 5.74) is 0. The number of likely N-dealkylation sites (tertiary alicyclic amines) is 1. The number of amides is 1. The minimum absolute atomic E-state index is 0.264. The van der Waals surface area contributed by atoms with E-state index in [2.05, 4.69) is 16.7 Å². The zero-order valence-electron chi connectivity index (χ0n) is 13.6. The van der Waals surface area contributed by atoms with Gasteiger partial charge in [-0.05, 0) is 33.1 Å². The maximum absolute atomic E-state index is 12.2. The number of piperazine rings is 1. The van der Waals surface area contributed by atoms with Crippen LogP contribution in [0.15, 0.2) is 0 Å². The summed E-state index contributed by atoms with van der Waals surface area (Å²) in [4.78, 5) is 19.0. The summed E-state index contributed by atoms with van der Waals surface area (Å²) in [6, 6.07) is 0.457. The van der Waals surface area contributed by atoms with Crippen molar-refractivity contribution < 1.29 is 9.90 Å². The van der Waals surface area contributed by atoms with E-state index in [0.29, 0.717) is 18.4 Å². The number of rotatable bonds is 5. The number of hydrogen-bond donors (Lipinski definition) is 1. The largest absolute Gasteiger partial charge is 0.392 e. The maximum Gasteiger partial charge on any atom is 0.223 e. The number of carbonyl (C=O) groups is 1. The molecule has 2 saturated heterocycles. The minimum Gasteiger partial charge on any atom is -0.392 e. The van der Waals surface area contributed by atoms with Crippen molar-refractivity contribution in [1.29, 1.82) is 0 Å². The molecule has 5 nitrogen and oxygen atoms in total. The molecule has 2 aliphatic rings. The molecule has 1 amide bonds. The summed E-state index contributed by atoms with van der Waals surface area (Å²) in [5, 5.41) is 9.50. The number of carbonyl (C=O) groups excluding carboxylic acids is 1. The van der Waals surface area contributed by atoms with Crippen LogP contribution in [0.3, 0.4) is 0 Å². The standard InChI is InChI=1S/C16H31N3O2/c1-14-12-17(10-11-19(14)13-15(2)20)9-6-16(21)18-7-4-3-5-8-18/h14-15,20H,3-13H2,1-2H3/t14-,15+/m0/s1. The lowest BCUT2D eigenvalue weighted by molar-refractivity contribution is -0.132. The average Bonchev–Trinajstić information content (AvgIpc) is 2.48. The predicted octanol–water partition coefficient (Wildman–Crippen LogP) is 0.776. The van der Waals surface area contributed by atoms with E-state index in [-0.39, 0.29) is 6.10 Å². The Morgan fingerprint density at radius 1 is 1.19 bits per heavy atom. The van der Waals surface area contributed by atoms with Crippen molar-refractivity contribution in [1.82, 2.24) is 14.7 Å². The van der Waals surface area contributed by atoms with Gasteiger partial charge in [0.15, 0.2) is 0 Å². The Kier molecular flexibility index (Phi) is 6.45. The Morgan fingerprint density at radius 3 is 2.52 bits per heavy atom. The highest BCUT2D eigenvalue weighted by atomic mass is 16.3. The molecule has 0 spiro atoms. The fraction of sp³-hybridized carbons (Fsp3) is 0.938. The molecule has 0 unspecified atom stereocenters. The summed E-state index contributed by atoms with van der Waals surface area (Å²) in [7, 11) is 0. The molecule has 0 aromatic heterocycles. The molecule has 122 valence electrons. The van der Waals surface area contributed by atoms with E-state index in [1.165, 1.54) is 19.3 Å². The predicted molar refractivity (Wildman–Crippen MR) is 84.2 cm³/mol. The van der Waals surface area contributed by atoms with E-state index >= 15 is 0 Å². The van der Waals surface area contributed by atoms with Crippen LogP contribution < -0.4 is 0 Å². The van der Waals surface area contributed by atoms with Crippen LogP contribution in [0.4, 0.5) is 0 Å². The molecule has 0 aromatic rings. The van der Waals surface area contributed by atoms with Crippen molar-refractivity contribution >= 4 is 5.91 Å². The van der Waals surface area contributed by atoms with Gasteiger partial charge in [-0.3, -0.25) is 9.69 Å². The first-order valence-corrected chi connectivity index (χ1v) is 8.48. The van der Waals surface area contributed by atoms with Gasteiger partial charge in [-0.25, -0.2) is 0 Å². The summed E-state index contributed by atoms with van der Waals surface area (Å²) in [5.74, 6) is 0.328. The van der Waals surface area contributed by atoms with Crippen molar-refractivity contribution in [3.63, 3.8) is 0 Å². The van der Waals surface area contributed by atoms with Crippen LogP contribution in [0.2, 0.25) is 0 Å². The first-order chi connectivity index (χ1) is 10.1. The number of piperidine rings is 1. The molecule has 2 aliphatic heterocycles. The van der Waals surface area contributed by atoms with Crippen molar-refractivity contribution in [3.8, 4) is 0 Å². The third kappa shape index (κ3) is 5.24. The van der Waals surface area contributed by atoms with Gasteiger partial charge in [0.2, 0.25) is 5.91 Å². The molecule has 0 saturated carbocycles. The molecule has 0 bridgehead atoms. The van der Waals surface area contributed by atoms with Crippen LogP contribution in [0.5, 0.6) is 0 Å². The highest BCUT2D eigenvalue weighted by Crippen LogP contribution is 2.13. The van der Waals surface area contributed by atoms with E-state index in [4.69, 9.17) is 0 Å². The Labute approximate surface area is 128 Å². The summed E-state index contributed by atoms with van der Waals surface area (Å²) in [6.07, 6.45) is 4.00. The van der Waals surface area contributed by atoms with E-state index in [1.807, 2.05) is 11.8 Å². The molecule has 2 atom stereocenters. The van der Waals surface area contributed by atoms with Crippen LogP contribution in [-0.4, -0.2) is 83.7 Å². The zero-order chi connectivity index (χ0) is 15.2. The molecule has 0 aliphatic carbocycles. The van der Waals surface area contributed by atoms with Crippen LogP contribution in [-0.2, 0) is 4.79 Å². The van der Waals surface area contributed by atoms with Gasteiger partial charge in [-0.2, -0.15) is 0 Å². The molecule has 0 radical (unpaired) electrons. The fourth-order valence-corrected chi connectivity index (χ4v) is 3.44. The monoisotopic (exact) mass is 297 g/mol. The van der Waals surface area contributed by atoms with Crippen LogP contribution in [0.25, 0.3) is 0 Å². The van der Waals surface area contributed by atoms with Gasteiger partial charge in [0.25, 0.3) is 0 Å². The topological polar surface area (TPSA) is 47.0 Å². The fourth-order valence-electron chi connectivity index (χ4n) is 3.44. The molecular weight excluding hydrogens is 266 g/mol. The van der Waals surface area contributed by atoms with Crippen molar-refractivity contribution in [3.05, 3.63) is 0 Å². The maximum atomic E-state index is 12.2. The second-order valence-corrected chi connectivity index (χ2v) is 6.69. The van der Waals surface area contributed by atoms with Gasteiger partial charge in [-0.15, -0.1) is 0 Å². The van der Waals surface area contributed by atoms with Gasteiger partial charge in [0.1, 0.15) is 0 Å². The highest BCUT2D eigenvalue weighted by molar-refractivity contribution is 5.76. The van der Waals surface area contributed by atoms with Crippen LogP contribution in [0, 0.1) is 0 Å². The number of aliphatic hydroxyl groups is 1. The summed E-state index contributed by atoms with van der Waals surface area (Å²) in [6.45, 7) is 10.6. The van der Waals surface area contributed by atoms with Crippen molar-refractivity contribution in [2.75, 3.05) is 45.8 Å². The van der Waals surface area contributed by atoms with E-state index in [0.717, 1.165) is 45.8 Å². The molecule has 0 aromatic carbocycles. The Morgan fingerprint density at radius 2 is 1.90 bits per heavy atom. The van der Waals surface area contributed by atoms with E-state index in [1.54, 1.807) is 0 Å².